The Hall–Kier alpha value is -6.18. The molecule has 7 rings (SSSR count). The molecular formula is C40H32N4O5S. The smallest absolute Gasteiger partial charge is 0.338 e. The van der Waals surface area contributed by atoms with Gasteiger partial charge in [-0.2, -0.15) is 5.26 Å². The van der Waals surface area contributed by atoms with E-state index < -0.39 is 12.0 Å². The van der Waals surface area contributed by atoms with Crippen molar-refractivity contribution >= 4 is 40.0 Å². The monoisotopic (exact) mass is 680 g/mol. The first-order chi connectivity index (χ1) is 24.4. The van der Waals surface area contributed by atoms with Gasteiger partial charge in [0, 0.05) is 34.8 Å². The molecule has 2 aromatic heterocycles. The van der Waals surface area contributed by atoms with Crippen LogP contribution in [-0.2, 0) is 16.1 Å². The van der Waals surface area contributed by atoms with E-state index in [2.05, 4.69) is 10.6 Å². The van der Waals surface area contributed by atoms with Gasteiger partial charge in [-0.1, -0.05) is 78.1 Å². The predicted molar refractivity (Wildman–Crippen MR) is 193 cm³/mol. The number of ether oxygens (including phenoxy) is 3. The van der Waals surface area contributed by atoms with Crippen LogP contribution in [0.2, 0.25) is 0 Å². The Balaban J connectivity index is 1.45. The van der Waals surface area contributed by atoms with Crippen LogP contribution in [0.1, 0.15) is 40.8 Å². The number of carbonyl (C=O) groups is 1. The lowest BCUT2D eigenvalue weighted by atomic mass is 9.93. The van der Waals surface area contributed by atoms with E-state index in [0.717, 1.165) is 27.6 Å². The van der Waals surface area contributed by atoms with Gasteiger partial charge in [-0.05, 0) is 54.5 Å². The second-order valence-electron chi connectivity index (χ2n) is 11.6. The molecule has 0 aliphatic carbocycles. The molecule has 4 aromatic carbocycles. The van der Waals surface area contributed by atoms with Crippen LogP contribution in [0.4, 0.5) is 0 Å². The summed E-state index contributed by atoms with van der Waals surface area (Å²) in [7, 11) is 3.10. The summed E-state index contributed by atoms with van der Waals surface area (Å²) in [5.74, 6) is 0.421. The lowest BCUT2D eigenvalue weighted by molar-refractivity contribution is -0.138. The third kappa shape index (κ3) is 5.88. The standard InChI is InChI=1S/C40H32N4O5S/c1-4-49-39(46)35-36(27-10-6-5-7-11-27)42-40-44(37(35)28-18-19-32(47-2)33(20-28)48-3)38(45)34(50-40)21-29-24-43(31-13-9-8-12-30(29)31)23-26-16-14-25(22-41)15-17-26/h5-21,24,37H,4,23H2,1-3H3/b34-21-/t37-/m1/s1. The summed E-state index contributed by atoms with van der Waals surface area (Å²) < 4.78 is 20.9. The number of methoxy groups -OCH3 is 2. The molecule has 1 atom stereocenters. The van der Waals surface area contributed by atoms with Gasteiger partial charge in [-0.15, -0.1) is 0 Å². The van der Waals surface area contributed by atoms with E-state index in [4.69, 9.17) is 19.2 Å². The van der Waals surface area contributed by atoms with Crippen LogP contribution in [0.15, 0.2) is 119 Å². The fourth-order valence-corrected chi connectivity index (χ4v) is 7.31. The van der Waals surface area contributed by atoms with Gasteiger partial charge in [0.1, 0.15) is 0 Å². The molecule has 6 aromatic rings. The first-order valence-electron chi connectivity index (χ1n) is 16.0. The van der Waals surface area contributed by atoms with Crippen molar-refractivity contribution in [3.63, 3.8) is 0 Å². The number of benzene rings is 4. The van der Waals surface area contributed by atoms with Crippen molar-refractivity contribution in [2.75, 3.05) is 20.8 Å². The molecule has 0 saturated carbocycles. The molecule has 9 nitrogen and oxygen atoms in total. The summed E-state index contributed by atoms with van der Waals surface area (Å²) in [6, 6.07) is 31.7. The summed E-state index contributed by atoms with van der Waals surface area (Å²) in [6.07, 6.45) is 3.93. The highest BCUT2D eigenvalue weighted by Crippen LogP contribution is 2.38. The van der Waals surface area contributed by atoms with Crippen molar-refractivity contribution in [1.29, 1.82) is 5.26 Å². The van der Waals surface area contributed by atoms with Crippen LogP contribution in [-0.4, -0.2) is 35.9 Å². The van der Waals surface area contributed by atoms with Gasteiger partial charge in [-0.25, -0.2) is 9.79 Å². The topological polar surface area (TPSA) is 108 Å². The van der Waals surface area contributed by atoms with E-state index in [1.54, 1.807) is 37.8 Å². The van der Waals surface area contributed by atoms with Gasteiger partial charge >= 0.3 is 5.97 Å². The third-order valence-electron chi connectivity index (χ3n) is 8.64. The van der Waals surface area contributed by atoms with Crippen LogP contribution < -0.4 is 24.4 Å². The van der Waals surface area contributed by atoms with Gasteiger partial charge < -0.3 is 18.8 Å². The predicted octanol–water partition coefficient (Wildman–Crippen LogP) is 5.83. The number of rotatable bonds is 9. The Morgan fingerprint density at radius 3 is 2.42 bits per heavy atom. The highest BCUT2D eigenvalue weighted by Gasteiger charge is 2.35. The summed E-state index contributed by atoms with van der Waals surface area (Å²) in [4.78, 5) is 33.8. The van der Waals surface area contributed by atoms with Crippen molar-refractivity contribution in [3.05, 3.63) is 156 Å². The quantitative estimate of drug-likeness (QED) is 0.178. The molecule has 10 heteroatoms. The number of fused-ring (bicyclic) bond motifs is 2. The van der Waals surface area contributed by atoms with Crippen molar-refractivity contribution in [2.45, 2.75) is 19.5 Å². The Labute approximate surface area is 291 Å². The Morgan fingerprint density at radius 1 is 0.960 bits per heavy atom. The first-order valence-corrected chi connectivity index (χ1v) is 16.8. The molecule has 0 amide bonds. The lowest BCUT2D eigenvalue weighted by Gasteiger charge is -2.26. The molecule has 0 N–H and O–H groups in total. The maximum absolute atomic E-state index is 14.6. The fraction of sp³-hybridized carbons (Fsp3) is 0.150. The van der Waals surface area contributed by atoms with Gasteiger partial charge in [-0.3, -0.25) is 9.36 Å². The summed E-state index contributed by atoms with van der Waals surface area (Å²) in [6.45, 7) is 2.49. The van der Waals surface area contributed by atoms with Crippen LogP contribution >= 0.6 is 11.3 Å². The van der Waals surface area contributed by atoms with Crippen molar-refractivity contribution in [2.24, 2.45) is 4.99 Å². The Morgan fingerprint density at radius 2 is 1.70 bits per heavy atom. The molecule has 1 aliphatic rings. The highest BCUT2D eigenvalue weighted by atomic mass is 32.1. The number of nitriles is 1. The van der Waals surface area contributed by atoms with E-state index in [1.165, 1.54) is 11.3 Å². The Bertz CT molecular complexity index is 2500. The highest BCUT2D eigenvalue weighted by molar-refractivity contribution is 7.07. The zero-order chi connectivity index (χ0) is 34.8. The van der Waals surface area contributed by atoms with E-state index in [9.17, 15) is 14.9 Å². The van der Waals surface area contributed by atoms with Gasteiger partial charge in [0.05, 0.1) is 54.3 Å². The zero-order valence-electron chi connectivity index (χ0n) is 27.6. The summed E-state index contributed by atoms with van der Waals surface area (Å²) >= 11 is 1.27. The number of esters is 1. The molecule has 0 fully saturated rings. The number of thiazole rings is 1. The number of para-hydroxylation sites is 1. The van der Waals surface area contributed by atoms with Crippen LogP contribution in [0.25, 0.3) is 22.7 Å². The molecule has 0 radical (unpaired) electrons. The molecule has 3 heterocycles. The van der Waals surface area contributed by atoms with Crippen LogP contribution in [0, 0.1) is 11.3 Å². The summed E-state index contributed by atoms with van der Waals surface area (Å²) in [5, 5.41) is 10.2. The Kier molecular flexibility index (Phi) is 8.90. The van der Waals surface area contributed by atoms with Crippen LogP contribution in [0.5, 0.6) is 11.5 Å². The number of aromatic nitrogens is 2. The maximum Gasteiger partial charge on any atom is 0.338 e. The lowest BCUT2D eigenvalue weighted by Crippen LogP contribution is -2.40. The van der Waals surface area contributed by atoms with Gasteiger partial charge in [0.25, 0.3) is 5.56 Å². The van der Waals surface area contributed by atoms with E-state index in [-0.39, 0.29) is 17.7 Å². The molecule has 0 bridgehead atoms. The normalized spacial score (nSPS) is 14.2. The van der Waals surface area contributed by atoms with E-state index >= 15 is 0 Å². The fourth-order valence-electron chi connectivity index (χ4n) is 6.32. The minimum absolute atomic E-state index is 0.153. The minimum atomic E-state index is -0.861. The summed E-state index contributed by atoms with van der Waals surface area (Å²) in [5.41, 5.74) is 5.31. The number of carbonyl (C=O) groups excluding carboxylic acids is 1. The molecule has 1 aliphatic heterocycles. The minimum Gasteiger partial charge on any atom is -0.493 e. The van der Waals surface area contributed by atoms with E-state index in [0.29, 0.717) is 44.2 Å². The second-order valence-corrected chi connectivity index (χ2v) is 12.6. The SMILES string of the molecule is CCOC(=O)C1=C(c2ccccc2)N=c2s/c(=C\c3cn(Cc4ccc(C#N)cc4)c4ccccc34)c(=O)n2[C@@H]1c1ccc(OC)c(OC)c1. The van der Waals surface area contributed by atoms with Gasteiger partial charge in [0.15, 0.2) is 16.3 Å². The molecule has 0 saturated heterocycles. The average molecular weight is 681 g/mol. The first kappa shape index (κ1) is 32.4. The molecule has 50 heavy (non-hydrogen) atoms. The van der Waals surface area contributed by atoms with Crippen molar-refractivity contribution in [3.8, 4) is 17.6 Å². The van der Waals surface area contributed by atoms with Crippen molar-refractivity contribution < 1.29 is 19.0 Å². The molecular weight excluding hydrogens is 649 g/mol. The molecule has 0 unspecified atom stereocenters. The van der Waals surface area contributed by atoms with E-state index in [1.807, 2.05) is 97.2 Å². The van der Waals surface area contributed by atoms with Crippen LogP contribution in [0.3, 0.4) is 0 Å². The average Bonchev–Trinajstić information content (AvgIpc) is 3.66. The third-order valence-corrected chi connectivity index (χ3v) is 9.62. The van der Waals surface area contributed by atoms with Crippen molar-refractivity contribution in [1.82, 2.24) is 9.13 Å². The maximum atomic E-state index is 14.6. The largest absolute Gasteiger partial charge is 0.493 e. The molecule has 0 spiro atoms. The zero-order valence-corrected chi connectivity index (χ0v) is 28.4. The molecule has 248 valence electrons. The second kappa shape index (κ2) is 13.7. The number of hydrogen-bond acceptors (Lipinski definition) is 8. The number of hydrogen-bond donors (Lipinski definition) is 0. The number of nitrogens with zero attached hydrogens (tertiary/aromatic N) is 4. The van der Waals surface area contributed by atoms with Gasteiger partial charge in [0.2, 0.25) is 0 Å².